The van der Waals surface area contributed by atoms with Gasteiger partial charge in [0.1, 0.15) is 48.0 Å². The number of hydrogen-bond donors (Lipinski definition) is 0. The zero-order valence-corrected chi connectivity index (χ0v) is 19.7. The molecule has 11 heteroatoms. The molecular formula is C19H24Cl4N2O5. The van der Waals surface area contributed by atoms with Crippen LogP contribution in [0.1, 0.15) is 55.8 Å². The Kier molecular flexibility index (Phi) is 12.8. The summed E-state index contributed by atoms with van der Waals surface area (Å²) >= 11 is 20.9. The first-order valence-electron chi connectivity index (χ1n) is 9.34. The first kappa shape index (κ1) is 26.5. The minimum absolute atomic E-state index is 0.240. The molecule has 30 heavy (non-hydrogen) atoms. The summed E-state index contributed by atoms with van der Waals surface area (Å²) in [5, 5.41) is 10.3. The average Bonchev–Trinajstić information content (AvgIpc) is 3.15. The van der Waals surface area contributed by atoms with Crippen LogP contribution in [-0.4, -0.2) is 10.5 Å². The molecule has 1 aromatic carbocycles. The summed E-state index contributed by atoms with van der Waals surface area (Å²) in [5.41, 5.74) is -0.439. The number of carbonyl (C=O) groups excluding carboxylic acids is 1. The van der Waals surface area contributed by atoms with Gasteiger partial charge in [0, 0.05) is 5.56 Å². The molecule has 0 amide bonds. The van der Waals surface area contributed by atoms with Crippen molar-refractivity contribution in [1.82, 2.24) is 4.57 Å². The van der Waals surface area contributed by atoms with Crippen LogP contribution in [0.25, 0.3) is 0 Å². The van der Waals surface area contributed by atoms with Gasteiger partial charge < -0.3 is 22.8 Å². The molecule has 7 nitrogen and oxygen atoms in total. The fourth-order valence-electron chi connectivity index (χ4n) is 2.65. The van der Waals surface area contributed by atoms with E-state index in [9.17, 15) is 9.90 Å². The van der Waals surface area contributed by atoms with Crippen LogP contribution in [0.2, 0.25) is 5.02 Å². The Labute approximate surface area is 196 Å². The SMILES string of the molecule is CCCCCCCCn1cc[n+](C)c1.O=C([O-])c1cc(OCl)c(OCl)c(OCl)c1Cl. The summed E-state index contributed by atoms with van der Waals surface area (Å²) in [6.07, 6.45) is 14.6. The van der Waals surface area contributed by atoms with E-state index in [1.165, 1.54) is 45.1 Å². The number of aromatic carboxylic acids is 1. The predicted molar refractivity (Wildman–Crippen MR) is 114 cm³/mol. The molecule has 1 heterocycles. The highest BCUT2D eigenvalue weighted by Gasteiger charge is 2.22. The van der Waals surface area contributed by atoms with Gasteiger partial charge in [0.25, 0.3) is 0 Å². The van der Waals surface area contributed by atoms with E-state index in [0.717, 1.165) is 6.07 Å². The highest BCUT2D eigenvalue weighted by Crippen LogP contribution is 2.46. The maximum Gasteiger partial charge on any atom is 0.243 e. The van der Waals surface area contributed by atoms with Crippen molar-refractivity contribution in [1.29, 1.82) is 0 Å². The van der Waals surface area contributed by atoms with E-state index in [0.29, 0.717) is 0 Å². The van der Waals surface area contributed by atoms with Gasteiger partial charge in [0.15, 0.2) is 5.75 Å². The lowest BCUT2D eigenvalue weighted by atomic mass is 10.1. The van der Waals surface area contributed by atoms with Crippen LogP contribution in [0.15, 0.2) is 24.8 Å². The van der Waals surface area contributed by atoms with Gasteiger partial charge in [0.2, 0.25) is 17.8 Å². The molecule has 0 aliphatic carbocycles. The van der Waals surface area contributed by atoms with Crippen molar-refractivity contribution in [2.24, 2.45) is 7.05 Å². The molecule has 0 aliphatic rings. The first-order chi connectivity index (χ1) is 14.4. The third-order valence-corrected chi connectivity index (χ3v) is 5.04. The Bertz CT molecular complexity index is 801. The molecule has 0 spiro atoms. The number of carbonyl (C=O) groups is 1. The second-order valence-corrected chi connectivity index (χ2v) is 7.34. The third-order valence-electron chi connectivity index (χ3n) is 4.19. The van der Waals surface area contributed by atoms with Crippen LogP contribution in [0.4, 0.5) is 0 Å². The second kappa shape index (κ2) is 14.5. The van der Waals surface area contributed by atoms with E-state index in [-0.39, 0.29) is 22.3 Å². The molecule has 0 fully saturated rings. The molecule has 0 radical (unpaired) electrons. The number of hydrogen-bond acceptors (Lipinski definition) is 5. The molecular weight excluding hydrogens is 478 g/mol. The number of unbranched alkanes of at least 4 members (excludes halogenated alkanes) is 5. The lowest BCUT2D eigenvalue weighted by Crippen LogP contribution is -2.23. The predicted octanol–water partition coefficient (Wildman–Crippen LogP) is 4.97. The van der Waals surface area contributed by atoms with E-state index < -0.39 is 11.5 Å². The van der Waals surface area contributed by atoms with Gasteiger partial charge in [-0.3, -0.25) is 0 Å². The normalized spacial score (nSPS) is 10.2. The minimum Gasteiger partial charge on any atom is -0.545 e. The Balaban J connectivity index is 0.000000303. The topological polar surface area (TPSA) is 76.6 Å². The number of carboxylic acids is 1. The van der Waals surface area contributed by atoms with Gasteiger partial charge in [-0.05, 0) is 18.9 Å². The Hall–Kier alpha value is -1.54. The molecule has 168 valence electrons. The van der Waals surface area contributed by atoms with Crippen molar-refractivity contribution in [3.8, 4) is 17.2 Å². The minimum atomic E-state index is -1.57. The van der Waals surface area contributed by atoms with Gasteiger partial charge in [-0.1, -0.05) is 44.2 Å². The number of nitrogens with zero attached hydrogens (tertiary/aromatic N) is 2. The van der Waals surface area contributed by atoms with Crippen LogP contribution in [0.5, 0.6) is 17.2 Å². The van der Waals surface area contributed by atoms with Gasteiger partial charge in [-0.2, -0.15) is 0 Å². The average molecular weight is 502 g/mol. The number of benzene rings is 1. The lowest BCUT2D eigenvalue weighted by Gasteiger charge is -2.12. The van der Waals surface area contributed by atoms with Crippen LogP contribution in [-0.2, 0) is 13.6 Å². The summed E-state index contributed by atoms with van der Waals surface area (Å²) in [7, 11) is 2.07. The van der Waals surface area contributed by atoms with Crippen molar-refractivity contribution in [2.75, 3.05) is 0 Å². The van der Waals surface area contributed by atoms with Crippen molar-refractivity contribution in [3.05, 3.63) is 35.4 Å². The molecule has 2 rings (SSSR count). The molecule has 0 N–H and O–H groups in total. The van der Waals surface area contributed by atoms with Gasteiger partial charge in [-0.25, -0.2) is 9.13 Å². The van der Waals surface area contributed by atoms with Crippen molar-refractivity contribution in [3.63, 3.8) is 0 Å². The highest BCUT2D eigenvalue weighted by molar-refractivity contribution is 6.36. The second-order valence-electron chi connectivity index (χ2n) is 6.50. The summed E-state index contributed by atoms with van der Waals surface area (Å²) in [5.74, 6) is -2.43. The van der Waals surface area contributed by atoms with E-state index >= 15 is 0 Å². The zero-order valence-electron chi connectivity index (χ0n) is 16.7. The molecule has 2 aromatic rings. The highest BCUT2D eigenvalue weighted by atomic mass is 35.5. The molecule has 0 atom stereocenters. The largest absolute Gasteiger partial charge is 0.545 e. The van der Waals surface area contributed by atoms with Gasteiger partial charge >= 0.3 is 0 Å². The van der Waals surface area contributed by atoms with Crippen LogP contribution in [0.3, 0.4) is 0 Å². The maximum atomic E-state index is 10.7. The van der Waals surface area contributed by atoms with Crippen LogP contribution < -0.4 is 22.5 Å². The van der Waals surface area contributed by atoms with Crippen LogP contribution in [0, 0.1) is 0 Å². The first-order valence-corrected chi connectivity index (χ1v) is 10.6. The van der Waals surface area contributed by atoms with E-state index in [2.05, 4.69) is 54.7 Å². The molecule has 0 saturated carbocycles. The molecule has 0 unspecified atom stereocenters. The van der Waals surface area contributed by atoms with E-state index in [1.807, 2.05) is 0 Å². The number of halogens is 4. The summed E-state index contributed by atoms with van der Waals surface area (Å²) in [6, 6.07) is 0.946. The summed E-state index contributed by atoms with van der Waals surface area (Å²) in [6.45, 7) is 3.44. The molecule has 0 saturated heterocycles. The number of aromatic nitrogens is 2. The number of carboxylic acid groups (broad SMARTS) is 1. The Morgan fingerprint density at radius 3 is 2.20 bits per heavy atom. The Morgan fingerprint density at radius 1 is 1.07 bits per heavy atom. The third kappa shape index (κ3) is 8.30. The van der Waals surface area contributed by atoms with Gasteiger partial charge in [-0.15, -0.1) is 0 Å². The quantitative estimate of drug-likeness (QED) is 0.320. The van der Waals surface area contributed by atoms with Crippen molar-refractivity contribution in [2.45, 2.75) is 52.0 Å². The van der Waals surface area contributed by atoms with Gasteiger partial charge in [0.05, 0.1) is 24.6 Å². The van der Waals surface area contributed by atoms with E-state index in [1.54, 1.807) is 0 Å². The summed E-state index contributed by atoms with van der Waals surface area (Å²) in [4.78, 5) is 10.7. The van der Waals surface area contributed by atoms with E-state index in [4.69, 9.17) is 47.2 Å². The molecule has 0 aliphatic heterocycles. The summed E-state index contributed by atoms with van der Waals surface area (Å²) < 4.78 is 17.3. The standard InChI is InChI=1S/C12H23N2.C7H2Cl4O5/c1-3-4-5-6-7-8-9-14-11-10-13(2)12-14;8-4-2(7(12)13)1-3(14-9)5(15-10)6(4)16-11/h10-12H,3-9H2,1-2H3;1H,(H,12,13)/q+1;/p-1. The molecule has 0 bridgehead atoms. The fourth-order valence-corrected chi connectivity index (χ4v) is 3.35. The maximum absolute atomic E-state index is 10.7. The van der Waals surface area contributed by atoms with Crippen molar-refractivity contribution < 1.29 is 27.3 Å². The smallest absolute Gasteiger partial charge is 0.243 e. The van der Waals surface area contributed by atoms with Crippen molar-refractivity contribution >= 4 is 53.2 Å². The number of aryl methyl sites for hydroxylation is 2. The fraction of sp³-hybridized carbons (Fsp3) is 0.474. The zero-order chi connectivity index (χ0) is 22.5. The monoisotopic (exact) mass is 500 g/mol. The Morgan fingerprint density at radius 2 is 1.70 bits per heavy atom. The number of rotatable bonds is 11. The number of imidazole rings is 1. The molecule has 1 aromatic heterocycles. The lowest BCUT2D eigenvalue weighted by molar-refractivity contribution is -0.671. The van der Waals surface area contributed by atoms with Crippen LogP contribution >= 0.6 is 47.2 Å².